The van der Waals surface area contributed by atoms with Crippen LogP contribution in [0.4, 0.5) is 0 Å². The van der Waals surface area contributed by atoms with Gasteiger partial charge in [-0.15, -0.1) is 0 Å². The van der Waals surface area contributed by atoms with Gasteiger partial charge >= 0.3 is 0 Å². The van der Waals surface area contributed by atoms with Crippen molar-refractivity contribution in [2.45, 2.75) is 0 Å². The van der Waals surface area contributed by atoms with Crippen LogP contribution in [0.1, 0.15) is 0 Å². The molecule has 15 aromatic carbocycles. The minimum atomic E-state index is 0.921. The van der Waals surface area contributed by atoms with Crippen LogP contribution in [0.5, 0.6) is 0 Å². The lowest BCUT2D eigenvalue weighted by Gasteiger charge is -2.18. The molecule has 1 nitrogen and oxygen atoms in total. The van der Waals surface area contributed by atoms with Gasteiger partial charge in [0.1, 0.15) is 11.2 Å². The van der Waals surface area contributed by atoms with Gasteiger partial charge < -0.3 is 4.42 Å². The van der Waals surface area contributed by atoms with E-state index >= 15 is 0 Å². The standard InChI is InChI=1S/C40H26.C36H22O/c1-3-12-29-24-32(22-20-27(29)10-1)31-14-9-15-33(26-31)39-35-16-5-7-18-37(35)40(38-19-8-6-17-36(38)39)34-23-21-28-11-2-4-13-30(28)25-34;1-2-12-24(13-3-1)33-26-15-6-8-17-28(26)34(29-18-9-7-16-27(29)33)30-19-10-20-32-35(30)31-22-21-23-11-4-5-14-25(23)36(31)37-32/h1-26H;1-22H. The van der Waals surface area contributed by atoms with E-state index in [4.69, 9.17) is 4.42 Å². The van der Waals surface area contributed by atoms with E-state index in [1.807, 2.05) is 0 Å². The van der Waals surface area contributed by atoms with E-state index in [1.165, 1.54) is 131 Å². The molecule has 0 saturated heterocycles. The first kappa shape index (κ1) is 44.4. The van der Waals surface area contributed by atoms with Crippen molar-refractivity contribution in [2.75, 3.05) is 0 Å². The number of benzene rings is 15. The molecule has 0 fully saturated rings. The van der Waals surface area contributed by atoms with Gasteiger partial charge in [-0.05, 0) is 156 Å². The zero-order valence-corrected chi connectivity index (χ0v) is 42.1. The molecule has 358 valence electrons. The van der Waals surface area contributed by atoms with E-state index in [2.05, 4.69) is 291 Å². The fourth-order valence-electron chi connectivity index (χ4n) is 12.4. The van der Waals surface area contributed by atoms with Crippen LogP contribution in [0.25, 0.3) is 153 Å². The SMILES string of the molecule is c1cc(-c2ccc3ccccc3c2)cc(-c2c3ccccc3c(-c3ccc4ccccc4c3)c3ccccc23)c1.c1ccc(-c2c3ccccc3c(-c3cccc4oc5c6ccccc6ccc5c34)c3ccccc23)cc1. The van der Waals surface area contributed by atoms with Crippen molar-refractivity contribution in [2.24, 2.45) is 0 Å². The highest BCUT2D eigenvalue weighted by Crippen LogP contribution is 2.48. The molecule has 1 heteroatoms. The first-order valence-corrected chi connectivity index (χ1v) is 26.6. The lowest BCUT2D eigenvalue weighted by atomic mass is 9.85. The predicted molar refractivity (Wildman–Crippen MR) is 330 cm³/mol. The first-order valence-electron chi connectivity index (χ1n) is 26.6. The largest absolute Gasteiger partial charge is 0.455 e. The maximum absolute atomic E-state index is 6.55. The highest BCUT2D eigenvalue weighted by molar-refractivity contribution is 6.27. The number of hydrogen-bond donors (Lipinski definition) is 0. The Hall–Kier alpha value is -10.1. The van der Waals surface area contributed by atoms with Gasteiger partial charge in [0.25, 0.3) is 0 Å². The summed E-state index contributed by atoms with van der Waals surface area (Å²) in [7, 11) is 0. The quantitative estimate of drug-likeness (QED) is 0.157. The van der Waals surface area contributed by atoms with Gasteiger partial charge in [-0.25, -0.2) is 0 Å². The van der Waals surface area contributed by atoms with E-state index in [1.54, 1.807) is 0 Å². The zero-order chi connectivity index (χ0) is 50.8. The fraction of sp³-hybridized carbons (Fsp3) is 0. The maximum Gasteiger partial charge on any atom is 0.143 e. The molecule has 0 unspecified atom stereocenters. The van der Waals surface area contributed by atoms with Crippen molar-refractivity contribution in [1.82, 2.24) is 0 Å². The predicted octanol–water partition coefficient (Wildman–Crippen LogP) is 21.7. The number of furan rings is 1. The molecule has 16 rings (SSSR count). The highest BCUT2D eigenvalue weighted by Gasteiger charge is 2.22. The average molecular weight is 977 g/mol. The Labute approximate surface area is 446 Å². The molecular formula is C76H48O. The van der Waals surface area contributed by atoms with Crippen LogP contribution in [-0.4, -0.2) is 0 Å². The van der Waals surface area contributed by atoms with Crippen LogP contribution in [-0.2, 0) is 0 Å². The summed E-state index contributed by atoms with van der Waals surface area (Å²) in [6.45, 7) is 0. The molecule has 77 heavy (non-hydrogen) atoms. The third-order valence-corrected chi connectivity index (χ3v) is 15.9. The maximum atomic E-state index is 6.55. The molecule has 0 spiro atoms. The zero-order valence-electron chi connectivity index (χ0n) is 42.1. The van der Waals surface area contributed by atoms with E-state index in [9.17, 15) is 0 Å². The van der Waals surface area contributed by atoms with Crippen molar-refractivity contribution in [3.63, 3.8) is 0 Å². The molecule has 0 amide bonds. The van der Waals surface area contributed by atoms with Crippen LogP contribution in [0.3, 0.4) is 0 Å². The van der Waals surface area contributed by atoms with E-state index in [-0.39, 0.29) is 0 Å². The summed E-state index contributed by atoms with van der Waals surface area (Å²) >= 11 is 0. The summed E-state index contributed by atoms with van der Waals surface area (Å²) in [5.74, 6) is 0. The topological polar surface area (TPSA) is 13.1 Å². The number of hydrogen-bond acceptors (Lipinski definition) is 1. The van der Waals surface area contributed by atoms with Crippen LogP contribution in [0, 0.1) is 0 Å². The Kier molecular flexibility index (Phi) is 10.6. The van der Waals surface area contributed by atoms with Gasteiger partial charge in [0.15, 0.2) is 0 Å². The van der Waals surface area contributed by atoms with Gasteiger partial charge in [-0.2, -0.15) is 0 Å². The lowest BCUT2D eigenvalue weighted by Crippen LogP contribution is -1.91. The second-order valence-electron chi connectivity index (χ2n) is 20.2. The molecule has 0 atom stereocenters. The van der Waals surface area contributed by atoms with Gasteiger partial charge in [-0.1, -0.05) is 261 Å². The summed E-state index contributed by atoms with van der Waals surface area (Å²) in [6, 6.07) is 105. The summed E-state index contributed by atoms with van der Waals surface area (Å²) in [5, 5.41) is 19.9. The van der Waals surface area contributed by atoms with Crippen LogP contribution >= 0.6 is 0 Å². The van der Waals surface area contributed by atoms with Gasteiger partial charge in [-0.3, -0.25) is 0 Å². The molecule has 0 bridgehead atoms. The molecule has 0 N–H and O–H groups in total. The molecule has 16 aromatic rings. The Morgan fingerprint density at radius 1 is 0.195 bits per heavy atom. The minimum Gasteiger partial charge on any atom is -0.455 e. The second-order valence-corrected chi connectivity index (χ2v) is 20.2. The Morgan fingerprint density at radius 2 is 0.571 bits per heavy atom. The first-order chi connectivity index (χ1) is 38.2. The molecule has 0 aliphatic heterocycles. The van der Waals surface area contributed by atoms with Crippen molar-refractivity contribution >= 4 is 97.3 Å². The molecule has 0 saturated carbocycles. The monoisotopic (exact) mass is 976 g/mol. The third-order valence-electron chi connectivity index (χ3n) is 15.9. The molecule has 0 radical (unpaired) electrons. The summed E-state index contributed by atoms with van der Waals surface area (Å²) < 4.78 is 6.55. The lowest BCUT2D eigenvalue weighted by molar-refractivity contribution is 0.673. The molecule has 0 aliphatic carbocycles. The Bertz CT molecular complexity index is 4870. The van der Waals surface area contributed by atoms with Crippen molar-refractivity contribution < 1.29 is 4.42 Å². The van der Waals surface area contributed by atoms with Crippen molar-refractivity contribution in [3.05, 3.63) is 291 Å². The van der Waals surface area contributed by atoms with Crippen molar-refractivity contribution in [1.29, 1.82) is 0 Å². The number of fused-ring (bicyclic) bond motifs is 11. The second kappa shape index (κ2) is 18.4. The summed E-state index contributed by atoms with van der Waals surface area (Å²) in [5.41, 5.74) is 14.4. The van der Waals surface area contributed by atoms with E-state index < -0.39 is 0 Å². The molecule has 1 heterocycles. The van der Waals surface area contributed by atoms with Crippen LogP contribution in [0.2, 0.25) is 0 Å². The average Bonchev–Trinajstić information content (AvgIpc) is 4.00. The highest BCUT2D eigenvalue weighted by atomic mass is 16.3. The summed E-state index contributed by atoms with van der Waals surface area (Å²) in [6.07, 6.45) is 0. The minimum absolute atomic E-state index is 0.921. The molecule has 1 aromatic heterocycles. The fourth-order valence-corrected chi connectivity index (χ4v) is 12.4. The third kappa shape index (κ3) is 7.47. The summed E-state index contributed by atoms with van der Waals surface area (Å²) in [4.78, 5) is 0. The molecular weight excluding hydrogens is 929 g/mol. The Morgan fingerprint density at radius 3 is 1.14 bits per heavy atom. The van der Waals surface area contributed by atoms with Crippen LogP contribution in [0.15, 0.2) is 296 Å². The number of rotatable bonds is 5. The van der Waals surface area contributed by atoms with Crippen LogP contribution < -0.4 is 0 Å². The Balaban J connectivity index is 0.000000135. The normalized spacial score (nSPS) is 11.6. The van der Waals surface area contributed by atoms with Gasteiger partial charge in [0, 0.05) is 16.2 Å². The van der Waals surface area contributed by atoms with Gasteiger partial charge in [0.2, 0.25) is 0 Å². The molecule has 0 aliphatic rings. The van der Waals surface area contributed by atoms with E-state index in [0.717, 1.165) is 21.9 Å². The van der Waals surface area contributed by atoms with E-state index in [0.29, 0.717) is 0 Å². The van der Waals surface area contributed by atoms with Gasteiger partial charge in [0.05, 0.1) is 0 Å². The smallest absolute Gasteiger partial charge is 0.143 e. The van der Waals surface area contributed by atoms with Crippen molar-refractivity contribution in [3.8, 4) is 55.6 Å².